The number of hydrogen-bond donors (Lipinski definition) is 3. The minimum absolute atomic E-state index is 0.323. The predicted molar refractivity (Wildman–Crippen MR) is 124 cm³/mol. The number of urea groups is 1. The zero-order valence-electron chi connectivity index (χ0n) is 17.7. The molecule has 0 bridgehead atoms. The first-order valence-corrected chi connectivity index (χ1v) is 10.3. The van der Waals surface area contributed by atoms with E-state index in [1.807, 2.05) is 49.4 Å². The normalized spacial score (nSPS) is 13.0. The van der Waals surface area contributed by atoms with Crippen molar-refractivity contribution in [2.24, 2.45) is 0 Å². The van der Waals surface area contributed by atoms with Gasteiger partial charge < -0.3 is 25.6 Å². The van der Waals surface area contributed by atoms with Crippen LogP contribution < -0.4 is 25.6 Å². The van der Waals surface area contributed by atoms with Crippen molar-refractivity contribution >= 4 is 34.9 Å². The number of ether oxygens (including phenoxy) is 1. The lowest BCUT2D eigenvalue weighted by atomic mass is 10.2. The molecule has 0 spiro atoms. The third-order valence-electron chi connectivity index (χ3n) is 4.97. The van der Waals surface area contributed by atoms with Gasteiger partial charge in [-0.3, -0.25) is 0 Å². The van der Waals surface area contributed by atoms with Crippen LogP contribution in [0.1, 0.15) is 18.5 Å². The standard InChI is InChI=1S/C23H26N6O2/c1-16-14-21(28-22(24-16)29-12-3-4-13-29)25-17-8-10-18(11-9-17)26-23(30)27-19-6-5-7-20(15-19)31-2/h5-11,14-15H,3-4,12-13H2,1-2H3,(H,24,25,28)(H2,26,27,30). The maximum Gasteiger partial charge on any atom is 0.323 e. The lowest BCUT2D eigenvalue weighted by molar-refractivity contribution is 0.262. The second-order valence-electron chi connectivity index (χ2n) is 7.40. The third kappa shape index (κ3) is 5.42. The summed E-state index contributed by atoms with van der Waals surface area (Å²) in [6, 6.07) is 16.3. The van der Waals surface area contributed by atoms with Gasteiger partial charge >= 0.3 is 6.03 Å². The summed E-state index contributed by atoms with van der Waals surface area (Å²) in [5.74, 6) is 2.21. The summed E-state index contributed by atoms with van der Waals surface area (Å²) < 4.78 is 5.17. The quantitative estimate of drug-likeness (QED) is 0.534. The van der Waals surface area contributed by atoms with E-state index in [-0.39, 0.29) is 6.03 Å². The van der Waals surface area contributed by atoms with E-state index >= 15 is 0 Å². The maximum absolute atomic E-state index is 12.3. The molecule has 4 rings (SSSR count). The predicted octanol–water partition coefficient (Wildman–Crippen LogP) is 4.78. The number of nitrogens with one attached hydrogen (secondary N) is 3. The van der Waals surface area contributed by atoms with E-state index in [0.29, 0.717) is 17.1 Å². The molecular weight excluding hydrogens is 392 g/mol. The van der Waals surface area contributed by atoms with Gasteiger partial charge in [0.05, 0.1) is 7.11 Å². The van der Waals surface area contributed by atoms with E-state index in [2.05, 4.69) is 30.8 Å². The zero-order chi connectivity index (χ0) is 21.6. The molecule has 0 atom stereocenters. The lowest BCUT2D eigenvalue weighted by Crippen LogP contribution is -2.21. The summed E-state index contributed by atoms with van der Waals surface area (Å²) >= 11 is 0. The molecule has 0 unspecified atom stereocenters. The van der Waals surface area contributed by atoms with Crippen LogP contribution in [0.2, 0.25) is 0 Å². The minimum Gasteiger partial charge on any atom is -0.497 e. The summed E-state index contributed by atoms with van der Waals surface area (Å²) in [5.41, 5.74) is 3.14. The molecule has 2 aromatic carbocycles. The van der Waals surface area contributed by atoms with Crippen LogP contribution in [0.25, 0.3) is 0 Å². The Kier molecular flexibility index (Phi) is 6.16. The van der Waals surface area contributed by atoms with Crippen LogP contribution in [0.3, 0.4) is 0 Å². The van der Waals surface area contributed by atoms with Crippen LogP contribution in [-0.2, 0) is 0 Å². The van der Waals surface area contributed by atoms with Gasteiger partial charge in [0.25, 0.3) is 0 Å². The molecule has 8 heteroatoms. The van der Waals surface area contributed by atoms with Crippen molar-refractivity contribution in [3.05, 3.63) is 60.3 Å². The highest BCUT2D eigenvalue weighted by molar-refractivity contribution is 5.99. The Morgan fingerprint density at radius 1 is 0.935 bits per heavy atom. The fraction of sp³-hybridized carbons (Fsp3) is 0.261. The molecule has 1 aliphatic rings. The molecule has 8 nitrogen and oxygen atoms in total. The first-order chi connectivity index (χ1) is 15.1. The van der Waals surface area contributed by atoms with E-state index in [4.69, 9.17) is 4.74 Å². The highest BCUT2D eigenvalue weighted by atomic mass is 16.5. The Morgan fingerprint density at radius 2 is 1.65 bits per heavy atom. The monoisotopic (exact) mass is 418 g/mol. The van der Waals surface area contributed by atoms with Crippen molar-refractivity contribution in [1.29, 1.82) is 0 Å². The first-order valence-electron chi connectivity index (χ1n) is 10.3. The topological polar surface area (TPSA) is 91.4 Å². The van der Waals surface area contributed by atoms with Crippen molar-refractivity contribution in [2.45, 2.75) is 19.8 Å². The van der Waals surface area contributed by atoms with E-state index in [1.54, 1.807) is 19.2 Å². The Hall–Kier alpha value is -3.81. The number of hydrogen-bond acceptors (Lipinski definition) is 6. The van der Waals surface area contributed by atoms with Gasteiger partial charge in [0.15, 0.2) is 0 Å². The molecule has 160 valence electrons. The second kappa shape index (κ2) is 9.34. The van der Waals surface area contributed by atoms with Gasteiger partial charge in [-0.1, -0.05) is 6.07 Å². The average Bonchev–Trinajstić information content (AvgIpc) is 3.30. The third-order valence-corrected chi connectivity index (χ3v) is 4.97. The largest absolute Gasteiger partial charge is 0.497 e. The van der Waals surface area contributed by atoms with Gasteiger partial charge in [-0.2, -0.15) is 4.98 Å². The molecular formula is C23H26N6O2. The summed E-state index contributed by atoms with van der Waals surface area (Å²) in [5, 5.41) is 8.94. The Balaban J connectivity index is 1.37. The van der Waals surface area contributed by atoms with Gasteiger partial charge in [0.1, 0.15) is 11.6 Å². The molecule has 2 amide bonds. The number of rotatable bonds is 6. The number of carbonyl (C=O) groups is 1. The molecule has 1 saturated heterocycles. The van der Waals surface area contributed by atoms with Gasteiger partial charge in [0.2, 0.25) is 5.95 Å². The number of amides is 2. The number of carbonyl (C=O) groups excluding carboxylic acids is 1. The molecule has 2 heterocycles. The summed E-state index contributed by atoms with van der Waals surface area (Å²) in [4.78, 5) is 23.7. The fourth-order valence-electron chi connectivity index (χ4n) is 3.45. The average molecular weight is 419 g/mol. The Morgan fingerprint density at radius 3 is 2.39 bits per heavy atom. The van der Waals surface area contributed by atoms with Crippen molar-refractivity contribution in [3.63, 3.8) is 0 Å². The van der Waals surface area contributed by atoms with Gasteiger partial charge in [-0.15, -0.1) is 0 Å². The number of aromatic nitrogens is 2. The smallest absolute Gasteiger partial charge is 0.323 e. The van der Waals surface area contributed by atoms with E-state index in [0.717, 1.165) is 36.2 Å². The van der Waals surface area contributed by atoms with Crippen LogP contribution in [-0.4, -0.2) is 36.2 Å². The van der Waals surface area contributed by atoms with Crippen molar-refractivity contribution in [1.82, 2.24) is 9.97 Å². The molecule has 1 aliphatic heterocycles. The van der Waals surface area contributed by atoms with Crippen LogP contribution in [0, 0.1) is 6.92 Å². The Bertz CT molecular complexity index is 1050. The van der Waals surface area contributed by atoms with Gasteiger partial charge in [-0.25, -0.2) is 9.78 Å². The van der Waals surface area contributed by atoms with Crippen molar-refractivity contribution in [2.75, 3.05) is 41.0 Å². The number of anilines is 5. The SMILES string of the molecule is COc1cccc(NC(=O)Nc2ccc(Nc3cc(C)nc(N4CCCC4)n3)cc2)c1. The van der Waals surface area contributed by atoms with Gasteiger partial charge in [0, 0.05) is 48.0 Å². The first kappa shape index (κ1) is 20.5. The highest BCUT2D eigenvalue weighted by Gasteiger charge is 2.16. The Labute approximate surface area is 181 Å². The van der Waals surface area contributed by atoms with Gasteiger partial charge in [-0.05, 0) is 56.2 Å². The fourth-order valence-corrected chi connectivity index (χ4v) is 3.45. The number of nitrogens with zero attached hydrogens (tertiary/aromatic N) is 3. The molecule has 3 aromatic rings. The maximum atomic E-state index is 12.3. The summed E-state index contributed by atoms with van der Waals surface area (Å²) in [7, 11) is 1.59. The lowest BCUT2D eigenvalue weighted by Gasteiger charge is -2.17. The summed E-state index contributed by atoms with van der Waals surface area (Å²) in [6.45, 7) is 3.97. The molecule has 1 fully saturated rings. The summed E-state index contributed by atoms with van der Waals surface area (Å²) in [6.07, 6.45) is 2.36. The number of methoxy groups -OCH3 is 1. The molecule has 31 heavy (non-hydrogen) atoms. The number of aryl methyl sites for hydroxylation is 1. The van der Waals surface area contributed by atoms with E-state index < -0.39 is 0 Å². The zero-order valence-corrected chi connectivity index (χ0v) is 17.7. The highest BCUT2D eigenvalue weighted by Crippen LogP contribution is 2.22. The van der Waals surface area contributed by atoms with E-state index in [9.17, 15) is 4.79 Å². The van der Waals surface area contributed by atoms with E-state index in [1.165, 1.54) is 12.8 Å². The van der Waals surface area contributed by atoms with Crippen LogP contribution >= 0.6 is 0 Å². The number of benzene rings is 2. The molecule has 1 aromatic heterocycles. The molecule has 0 radical (unpaired) electrons. The van der Waals surface area contributed by atoms with Crippen molar-refractivity contribution in [3.8, 4) is 5.75 Å². The van der Waals surface area contributed by atoms with Crippen LogP contribution in [0.5, 0.6) is 5.75 Å². The minimum atomic E-state index is -0.323. The van der Waals surface area contributed by atoms with Crippen LogP contribution in [0.15, 0.2) is 54.6 Å². The second-order valence-corrected chi connectivity index (χ2v) is 7.40. The van der Waals surface area contributed by atoms with Crippen molar-refractivity contribution < 1.29 is 9.53 Å². The molecule has 0 saturated carbocycles. The molecule has 3 N–H and O–H groups in total. The van der Waals surface area contributed by atoms with Crippen LogP contribution in [0.4, 0.5) is 33.6 Å². The molecule has 0 aliphatic carbocycles.